The largest absolute Gasteiger partial charge is 0.349 e. The van der Waals surface area contributed by atoms with Gasteiger partial charge in [0.2, 0.25) is 11.8 Å². The van der Waals surface area contributed by atoms with Gasteiger partial charge in [-0.25, -0.2) is 8.78 Å². The van der Waals surface area contributed by atoms with Gasteiger partial charge in [-0.05, 0) is 37.5 Å². The summed E-state index contributed by atoms with van der Waals surface area (Å²) in [7, 11) is 0. The highest BCUT2D eigenvalue weighted by atomic mass is 79.9. The topological polar surface area (TPSA) is 29.1 Å². The van der Waals surface area contributed by atoms with Crippen LogP contribution < -0.4 is 5.32 Å². The van der Waals surface area contributed by atoms with E-state index in [-0.39, 0.29) is 43.6 Å². The number of carbonyl (C=O) groups excluding carboxylic acids is 1. The molecule has 2 nitrogen and oxygen atoms in total. The fraction of sp³-hybridized carbons (Fsp3) is 0.533. The molecule has 2 rings (SSSR count). The summed E-state index contributed by atoms with van der Waals surface area (Å²) in [5.74, 6) is -2.99. The van der Waals surface area contributed by atoms with Gasteiger partial charge in [0.05, 0.1) is 6.04 Å². The van der Waals surface area contributed by atoms with Crippen molar-refractivity contribution in [3.8, 4) is 0 Å². The molecule has 1 amide bonds. The second-order valence-corrected chi connectivity index (χ2v) is 6.33. The first-order chi connectivity index (χ1) is 9.37. The van der Waals surface area contributed by atoms with Crippen molar-refractivity contribution in [2.24, 2.45) is 5.92 Å². The van der Waals surface area contributed by atoms with E-state index in [4.69, 9.17) is 0 Å². The zero-order chi connectivity index (χ0) is 14.8. The van der Waals surface area contributed by atoms with E-state index in [1.165, 1.54) is 0 Å². The van der Waals surface area contributed by atoms with Gasteiger partial charge in [-0.1, -0.05) is 28.1 Å². The first kappa shape index (κ1) is 15.4. The number of hydrogen-bond donors (Lipinski definition) is 1. The number of rotatable bonds is 3. The monoisotopic (exact) mass is 345 g/mol. The number of nitrogens with one attached hydrogen (secondary N) is 1. The van der Waals surface area contributed by atoms with Crippen molar-refractivity contribution < 1.29 is 13.6 Å². The summed E-state index contributed by atoms with van der Waals surface area (Å²) in [5, 5.41) is 2.91. The lowest BCUT2D eigenvalue weighted by atomic mass is 9.86. The van der Waals surface area contributed by atoms with E-state index < -0.39 is 5.92 Å². The second-order valence-electron chi connectivity index (χ2n) is 5.41. The van der Waals surface area contributed by atoms with Crippen LogP contribution in [-0.2, 0) is 4.79 Å². The van der Waals surface area contributed by atoms with Crippen LogP contribution in [0.25, 0.3) is 0 Å². The lowest BCUT2D eigenvalue weighted by molar-refractivity contribution is -0.129. The molecule has 5 heteroatoms. The molecule has 1 saturated carbocycles. The molecule has 0 heterocycles. The third-order valence-corrected chi connectivity index (χ3v) is 4.35. The van der Waals surface area contributed by atoms with Crippen molar-refractivity contribution in [2.45, 2.75) is 44.6 Å². The van der Waals surface area contributed by atoms with Crippen LogP contribution >= 0.6 is 15.9 Å². The zero-order valence-electron chi connectivity index (χ0n) is 11.3. The minimum Gasteiger partial charge on any atom is -0.349 e. The molecule has 1 fully saturated rings. The van der Waals surface area contributed by atoms with Gasteiger partial charge in [-0.2, -0.15) is 0 Å². The molecule has 1 aromatic rings. The summed E-state index contributed by atoms with van der Waals surface area (Å²) in [6, 6.07) is 7.59. The molecule has 0 spiro atoms. The molecule has 20 heavy (non-hydrogen) atoms. The maximum atomic E-state index is 13.1. The molecule has 0 aliphatic heterocycles. The normalized spacial score (nSPS) is 20.4. The molecule has 1 atom stereocenters. The van der Waals surface area contributed by atoms with Gasteiger partial charge < -0.3 is 5.32 Å². The zero-order valence-corrected chi connectivity index (χ0v) is 12.9. The van der Waals surface area contributed by atoms with E-state index >= 15 is 0 Å². The molecule has 1 aliphatic rings. The van der Waals surface area contributed by atoms with Crippen molar-refractivity contribution in [2.75, 3.05) is 0 Å². The highest BCUT2D eigenvalue weighted by molar-refractivity contribution is 9.10. The Morgan fingerprint density at radius 1 is 1.30 bits per heavy atom. The van der Waals surface area contributed by atoms with Crippen molar-refractivity contribution in [3.05, 3.63) is 34.3 Å². The Bertz CT molecular complexity index is 465. The molecule has 1 aliphatic carbocycles. The molecule has 0 bridgehead atoms. The minimum absolute atomic E-state index is 0.113. The van der Waals surface area contributed by atoms with E-state index in [1.54, 1.807) is 0 Å². The number of carbonyl (C=O) groups is 1. The summed E-state index contributed by atoms with van der Waals surface area (Å²) < 4.78 is 27.1. The van der Waals surface area contributed by atoms with E-state index in [1.807, 2.05) is 31.2 Å². The Balaban J connectivity index is 1.90. The molecular formula is C15H18BrF2NO. The van der Waals surface area contributed by atoms with Crippen LogP contribution in [0.5, 0.6) is 0 Å². The van der Waals surface area contributed by atoms with Gasteiger partial charge in [-0.3, -0.25) is 4.79 Å². The van der Waals surface area contributed by atoms with Gasteiger partial charge in [-0.15, -0.1) is 0 Å². The van der Waals surface area contributed by atoms with Gasteiger partial charge in [0.15, 0.2) is 0 Å². The molecular weight excluding hydrogens is 328 g/mol. The smallest absolute Gasteiger partial charge is 0.248 e. The number of halogens is 3. The average molecular weight is 346 g/mol. The Morgan fingerprint density at radius 3 is 2.40 bits per heavy atom. The third-order valence-electron chi connectivity index (χ3n) is 3.82. The number of benzene rings is 1. The van der Waals surface area contributed by atoms with Crippen molar-refractivity contribution >= 4 is 21.8 Å². The van der Waals surface area contributed by atoms with Crippen LogP contribution in [-0.4, -0.2) is 11.8 Å². The first-order valence-corrected chi connectivity index (χ1v) is 7.60. The quantitative estimate of drug-likeness (QED) is 0.861. The van der Waals surface area contributed by atoms with Crippen LogP contribution in [0.3, 0.4) is 0 Å². The van der Waals surface area contributed by atoms with Crippen molar-refractivity contribution in [3.63, 3.8) is 0 Å². The Kier molecular flexibility index (Phi) is 4.78. The standard InChI is InChI=1S/C15H18BrF2NO/c1-10(11-2-4-13(16)5-3-11)19-14(20)12-6-8-15(17,18)9-7-12/h2-5,10,12H,6-9H2,1H3,(H,19,20)/t10-/m0/s1. The van der Waals surface area contributed by atoms with Crippen LogP contribution in [0, 0.1) is 5.92 Å². The average Bonchev–Trinajstić information content (AvgIpc) is 2.39. The van der Waals surface area contributed by atoms with Crippen LogP contribution in [0.2, 0.25) is 0 Å². The van der Waals surface area contributed by atoms with Crippen molar-refractivity contribution in [1.29, 1.82) is 0 Å². The molecule has 0 radical (unpaired) electrons. The molecule has 0 aromatic heterocycles. The highest BCUT2D eigenvalue weighted by Crippen LogP contribution is 2.36. The lowest BCUT2D eigenvalue weighted by Crippen LogP contribution is -2.37. The molecule has 0 unspecified atom stereocenters. The van der Waals surface area contributed by atoms with Gasteiger partial charge in [0, 0.05) is 23.2 Å². The number of amides is 1. The predicted molar refractivity (Wildman–Crippen MR) is 77.6 cm³/mol. The highest BCUT2D eigenvalue weighted by Gasteiger charge is 2.37. The summed E-state index contributed by atoms with van der Waals surface area (Å²) in [6.07, 6.45) is 0.174. The summed E-state index contributed by atoms with van der Waals surface area (Å²) in [6.45, 7) is 1.90. The fourth-order valence-electron chi connectivity index (χ4n) is 2.47. The molecule has 110 valence electrons. The maximum absolute atomic E-state index is 13.1. The van der Waals surface area contributed by atoms with E-state index in [2.05, 4.69) is 21.2 Å². The minimum atomic E-state index is -2.59. The van der Waals surface area contributed by atoms with E-state index in [0.29, 0.717) is 0 Å². The lowest BCUT2D eigenvalue weighted by Gasteiger charge is -2.28. The third kappa shape index (κ3) is 4.01. The van der Waals surface area contributed by atoms with Gasteiger partial charge >= 0.3 is 0 Å². The van der Waals surface area contributed by atoms with E-state index in [0.717, 1.165) is 10.0 Å². The van der Waals surface area contributed by atoms with Crippen LogP contribution in [0.1, 0.15) is 44.2 Å². The fourth-order valence-corrected chi connectivity index (χ4v) is 2.73. The Labute approximate surface area is 126 Å². The SMILES string of the molecule is C[C@H](NC(=O)C1CCC(F)(F)CC1)c1ccc(Br)cc1. The maximum Gasteiger partial charge on any atom is 0.248 e. The van der Waals surface area contributed by atoms with Gasteiger partial charge in [0.1, 0.15) is 0 Å². The van der Waals surface area contributed by atoms with E-state index in [9.17, 15) is 13.6 Å². The number of alkyl halides is 2. The molecule has 1 N–H and O–H groups in total. The van der Waals surface area contributed by atoms with Gasteiger partial charge in [0.25, 0.3) is 0 Å². The summed E-state index contributed by atoms with van der Waals surface area (Å²) in [5.41, 5.74) is 1.00. The summed E-state index contributed by atoms with van der Waals surface area (Å²) in [4.78, 5) is 12.1. The van der Waals surface area contributed by atoms with Crippen molar-refractivity contribution in [1.82, 2.24) is 5.32 Å². The summed E-state index contributed by atoms with van der Waals surface area (Å²) >= 11 is 3.36. The first-order valence-electron chi connectivity index (χ1n) is 6.81. The Morgan fingerprint density at radius 2 is 1.85 bits per heavy atom. The van der Waals surface area contributed by atoms with Crippen LogP contribution in [0.4, 0.5) is 8.78 Å². The molecule has 0 saturated heterocycles. The predicted octanol–water partition coefficient (Wildman–Crippen LogP) is 4.45. The number of hydrogen-bond acceptors (Lipinski definition) is 1. The Hall–Kier alpha value is -0.970. The second kappa shape index (κ2) is 6.20. The molecule has 1 aromatic carbocycles. The van der Waals surface area contributed by atoms with Crippen LogP contribution in [0.15, 0.2) is 28.7 Å².